The largest absolute Gasteiger partial charge is 0.380 e. The Labute approximate surface area is 397 Å². The minimum Gasteiger partial charge on any atom is -0.380 e. The minimum atomic E-state index is 0.729. The minimum absolute atomic E-state index is 0.729. The fourth-order valence-electron chi connectivity index (χ4n) is 11.6. The first-order valence-corrected chi connectivity index (χ1v) is 24.1. The monoisotopic (exact) mass is 866 g/mol. The Bertz CT molecular complexity index is 3780. The number of allylic oxidation sites excluding steroid dienone is 8. The average Bonchev–Trinajstić information content (AvgIpc) is 3.93. The van der Waals surface area contributed by atoms with Gasteiger partial charge in [0.2, 0.25) is 0 Å². The van der Waals surface area contributed by atoms with Crippen molar-refractivity contribution in [3.63, 3.8) is 0 Å². The van der Waals surface area contributed by atoms with Gasteiger partial charge >= 0.3 is 0 Å². The normalized spacial score (nSPS) is 15.1. The molecule has 5 aliphatic rings. The molecule has 0 amide bonds. The summed E-state index contributed by atoms with van der Waals surface area (Å²) in [5.41, 5.74) is 27.8. The van der Waals surface area contributed by atoms with E-state index in [1.165, 1.54) is 133 Å². The zero-order chi connectivity index (χ0) is 44.7. The summed E-state index contributed by atoms with van der Waals surface area (Å²) in [4.78, 5) is 0. The first-order chi connectivity index (χ1) is 33.7. The van der Waals surface area contributed by atoms with Gasteiger partial charge in [-0.2, -0.15) is 0 Å². The lowest BCUT2D eigenvalue weighted by molar-refractivity contribution is 0.822. The van der Waals surface area contributed by atoms with E-state index in [-0.39, 0.29) is 0 Å². The SMILES string of the molecule is C1=CCNC(C2=CC=C(c3cc(-c4ccc(-c5ccccc5)cc4)cc(-c4cc(-c5ccc6c7c(cccc57)C5=C6CCC=C5)cc(-c5ccc6c7c(cccc57)-c5ccccc5-6)c4)c3)CN2)=C1. The second-order valence-corrected chi connectivity index (χ2v) is 18.7. The number of rotatable bonds is 7. The highest BCUT2D eigenvalue weighted by Gasteiger charge is 2.27. The molecule has 2 nitrogen and oxygen atoms in total. The molecule has 0 saturated carbocycles. The predicted octanol–water partition coefficient (Wildman–Crippen LogP) is 16.5. The van der Waals surface area contributed by atoms with Gasteiger partial charge in [0.25, 0.3) is 0 Å². The fraction of sp³-hybridized carbons (Fsp3) is 0.0606. The standard InChI is InChI=1S/C66H46N2/c1-2-12-41(13-3-1)42-23-25-43(26-24-42)45-34-46(44-27-32-64(68-40-44)63-22-8-9-33-67-63)36-47(35-45)48-37-49(51-28-30-61-55-16-6-4-14-53(55)59-20-10-18-57(51)65(59)61)39-50(38-48)52-29-31-62-56-17-7-5-15-54(56)60-21-11-19-58(52)66(60)62/h1-6,8-16,18-32,34-39,67-68H,7,17,33,40H2. The van der Waals surface area contributed by atoms with Gasteiger partial charge in [-0.25, -0.2) is 0 Å². The van der Waals surface area contributed by atoms with Crippen LogP contribution in [0.15, 0.2) is 230 Å². The molecule has 2 aliphatic heterocycles. The van der Waals surface area contributed by atoms with Gasteiger partial charge in [-0.3, -0.25) is 0 Å². The van der Waals surface area contributed by atoms with Crippen molar-refractivity contribution in [2.75, 3.05) is 13.1 Å². The lowest BCUT2D eigenvalue weighted by Gasteiger charge is -2.22. The summed E-state index contributed by atoms with van der Waals surface area (Å²) in [5, 5.41) is 12.6. The van der Waals surface area contributed by atoms with Crippen molar-refractivity contribution in [1.29, 1.82) is 0 Å². The van der Waals surface area contributed by atoms with Crippen molar-refractivity contribution in [2.24, 2.45) is 0 Å². The van der Waals surface area contributed by atoms with Gasteiger partial charge in [0.1, 0.15) is 0 Å². The molecule has 0 spiro atoms. The van der Waals surface area contributed by atoms with Crippen LogP contribution in [-0.4, -0.2) is 13.1 Å². The molecule has 2 heterocycles. The zero-order valence-corrected chi connectivity index (χ0v) is 37.6. The van der Waals surface area contributed by atoms with E-state index < -0.39 is 0 Å². The van der Waals surface area contributed by atoms with Crippen LogP contribution < -0.4 is 10.6 Å². The molecule has 0 radical (unpaired) electrons. The number of nitrogens with one attached hydrogen (secondary N) is 2. The van der Waals surface area contributed by atoms with E-state index in [9.17, 15) is 0 Å². The van der Waals surface area contributed by atoms with Crippen molar-refractivity contribution in [3.05, 3.63) is 247 Å². The highest BCUT2D eigenvalue weighted by atomic mass is 15.0. The maximum absolute atomic E-state index is 3.75. The first-order valence-electron chi connectivity index (χ1n) is 24.1. The molecule has 0 fully saturated rings. The highest BCUT2D eigenvalue weighted by molar-refractivity contribution is 6.20. The second kappa shape index (κ2) is 15.6. The van der Waals surface area contributed by atoms with Crippen LogP contribution in [0.5, 0.6) is 0 Å². The van der Waals surface area contributed by atoms with E-state index >= 15 is 0 Å². The summed E-state index contributed by atoms with van der Waals surface area (Å²) in [6.07, 6.45) is 17.8. The highest BCUT2D eigenvalue weighted by Crippen LogP contribution is 2.52. The van der Waals surface area contributed by atoms with Crippen molar-refractivity contribution < 1.29 is 0 Å². The molecule has 2 N–H and O–H groups in total. The average molecular weight is 867 g/mol. The molecule has 0 unspecified atom stereocenters. The third kappa shape index (κ3) is 6.25. The summed E-state index contributed by atoms with van der Waals surface area (Å²) in [6, 6.07) is 66.5. The molecule has 14 rings (SSSR count). The molecule has 0 bridgehead atoms. The predicted molar refractivity (Wildman–Crippen MR) is 288 cm³/mol. The molecule has 320 valence electrons. The summed E-state index contributed by atoms with van der Waals surface area (Å²) in [7, 11) is 0. The van der Waals surface area contributed by atoms with Crippen molar-refractivity contribution in [3.8, 4) is 77.9 Å². The topological polar surface area (TPSA) is 24.1 Å². The van der Waals surface area contributed by atoms with E-state index in [4.69, 9.17) is 0 Å². The van der Waals surface area contributed by atoms with E-state index in [0.29, 0.717) is 0 Å². The maximum Gasteiger partial charge on any atom is 0.0578 e. The number of hydrogen-bond acceptors (Lipinski definition) is 2. The van der Waals surface area contributed by atoms with Gasteiger partial charge < -0.3 is 10.6 Å². The van der Waals surface area contributed by atoms with E-state index in [2.05, 4.69) is 229 Å². The molecule has 0 atom stereocenters. The lowest BCUT2D eigenvalue weighted by Crippen LogP contribution is -2.27. The molecule has 68 heavy (non-hydrogen) atoms. The Morgan fingerprint density at radius 2 is 0.897 bits per heavy atom. The molecule has 9 aromatic carbocycles. The van der Waals surface area contributed by atoms with E-state index in [0.717, 1.165) is 37.3 Å². The second-order valence-electron chi connectivity index (χ2n) is 18.7. The number of dihydropyridines is 2. The Hall–Kier alpha value is -8.46. The molecule has 9 aromatic rings. The zero-order valence-electron chi connectivity index (χ0n) is 37.6. The van der Waals surface area contributed by atoms with Gasteiger partial charge in [0.15, 0.2) is 0 Å². The number of benzene rings is 9. The molecule has 3 aliphatic carbocycles. The Kier molecular flexibility index (Phi) is 8.88. The summed E-state index contributed by atoms with van der Waals surface area (Å²) in [5.74, 6) is 0. The van der Waals surface area contributed by atoms with Crippen LogP contribution in [0.2, 0.25) is 0 Å². The van der Waals surface area contributed by atoms with Crippen LogP contribution in [0.4, 0.5) is 0 Å². The third-order valence-corrected chi connectivity index (χ3v) is 14.9. The molecular formula is C66H46N2. The summed E-state index contributed by atoms with van der Waals surface area (Å²) >= 11 is 0. The van der Waals surface area contributed by atoms with Gasteiger partial charge in [0, 0.05) is 13.1 Å². The van der Waals surface area contributed by atoms with E-state index in [1.54, 1.807) is 0 Å². The molecule has 0 aromatic heterocycles. The summed E-state index contributed by atoms with van der Waals surface area (Å²) < 4.78 is 0. The Morgan fingerprint density at radius 1 is 0.353 bits per heavy atom. The van der Waals surface area contributed by atoms with E-state index in [1.807, 2.05) is 0 Å². The van der Waals surface area contributed by atoms with Crippen LogP contribution in [0.1, 0.15) is 29.5 Å². The third-order valence-electron chi connectivity index (χ3n) is 14.9. The van der Waals surface area contributed by atoms with Crippen LogP contribution in [-0.2, 0) is 0 Å². The van der Waals surface area contributed by atoms with Crippen molar-refractivity contribution >= 4 is 38.3 Å². The molecule has 2 heteroatoms. The Balaban J connectivity index is 0.981. The number of hydrogen-bond donors (Lipinski definition) is 2. The fourth-order valence-corrected chi connectivity index (χ4v) is 11.6. The molecular weight excluding hydrogens is 821 g/mol. The van der Waals surface area contributed by atoms with Crippen LogP contribution in [0.25, 0.3) is 116 Å². The van der Waals surface area contributed by atoms with Crippen molar-refractivity contribution in [2.45, 2.75) is 12.8 Å². The first kappa shape index (κ1) is 38.8. The lowest BCUT2D eigenvalue weighted by atomic mass is 9.86. The van der Waals surface area contributed by atoms with Gasteiger partial charge in [-0.15, -0.1) is 0 Å². The Morgan fingerprint density at radius 3 is 1.59 bits per heavy atom. The van der Waals surface area contributed by atoms with Crippen LogP contribution in [0.3, 0.4) is 0 Å². The summed E-state index contributed by atoms with van der Waals surface area (Å²) in [6.45, 7) is 1.57. The van der Waals surface area contributed by atoms with Crippen molar-refractivity contribution in [1.82, 2.24) is 10.6 Å². The number of fused-ring (bicyclic) bond motifs is 5. The van der Waals surface area contributed by atoms with Gasteiger partial charge in [-0.05, 0) is 194 Å². The van der Waals surface area contributed by atoms with Crippen LogP contribution >= 0.6 is 0 Å². The molecule has 0 saturated heterocycles. The van der Waals surface area contributed by atoms with Gasteiger partial charge in [-0.1, -0.05) is 170 Å². The van der Waals surface area contributed by atoms with Gasteiger partial charge in [0.05, 0.1) is 11.4 Å². The smallest absolute Gasteiger partial charge is 0.0578 e. The quantitative estimate of drug-likeness (QED) is 0.167. The maximum atomic E-state index is 3.75. The van der Waals surface area contributed by atoms with Crippen LogP contribution in [0, 0.1) is 0 Å².